The highest BCUT2D eigenvalue weighted by molar-refractivity contribution is 6.32. The largest absolute Gasteiger partial charge is 0.495 e. The lowest BCUT2D eigenvalue weighted by atomic mass is 9.87. The summed E-state index contributed by atoms with van der Waals surface area (Å²) in [5, 5.41) is 7.75. The van der Waals surface area contributed by atoms with Crippen molar-refractivity contribution in [3.8, 4) is 5.75 Å². The second kappa shape index (κ2) is 5.41. The molecule has 2 aromatic rings. The van der Waals surface area contributed by atoms with E-state index < -0.39 is 0 Å². The van der Waals surface area contributed by atoms with Crippen LogP contribution in [0.1, 0.15) is 30.4 Å². The number of aromatic nitrogens is 2. The highest BCUT2D eigenvalue weighted by atomic mass is 35.5. The van der Waals surface area contributed by atoms with Gasteiger partial charge in [-0.2, -0.15) is 5.10 Å². The second-order valence-electron chi connectivity index (χ2n) is 4.99. The van der Waals surface area contributed by atoms with Crippen molar-refractivity contribution in [2.24, 2.45) is 0 Å². The minimum absolute atomic E-state index is 0.0270. The summed E-state index contributed by atoms with van der Waals surface area (Å²) >= 11 is 6.20. The maximum Gasteiger partial charge on any atom is 0.226 e. The minimum atomic E-state index is -0.0301. The van der Waals surface area contributed by atoms with Crippen molar-refractivity contribution in [3.63, 3.8) is 0 Å². The first-order valence-electron chi connectivity index (χ1n) is 6.83. The summed E-state index contributed by atoms with van der Waals surface area (Å²) in [6.45, 7) is 2.78. The van der Waals surface area contributed by atoms with E-state index in [-0.39, 0.29) is 11.8 Å². The van der Waals surface area contributed by atoms with Gasteiger partial charge < -0.3 is 10.1 Å². The van der Waals surface area contributed by atoms with Gasteiger partial charge in [0.05, 0.1) is 12.1 Å². The number of hydrogen-bond donors (Lipinski definition) is 1. The number of rotatable bonds is 3. The molecule has 5 nitrogen and oxygen atoms in total. The van der Waals surface area contributed by atoms with E-state index in [1.165, 1.54) is 0 Å². The first-order valence-corrected chi connectivity index (χ1v) is 7.20. The molecular weight excluding hydrogens is 290 g/mol. The monoisotopic (exact) mass is 305 g/mol. The second-order valence-corrected chi connectivity index (χ2v) is 5.39. The van der Waals surface area contributed by atoms with E-state index in [2.05, 4.69) is 10.4 Å². The summed E-state index contributed by atoms with van der Waals surface area (Å²) in [5.41, 5.74) is 2.02. The third-order valence-corrected chi connectivity index (χ3v) is 4.01. The third-order valence-electron chi connectivity index (χ3n) is 3.71. The van der Waals surface area contributed by atoms with E-state index in [1.807, 2.05) is 36.0 Å². The van der Waals surface area contributed by atoms with Crippen molar-refractivity contribution in [1.29, 1.82) is 0 Å². The van der Waals surface area contributed by atoms with Gasteiger partial charge in [0.15, 0.2) is 5.82 Å². The number of halogens is 1. The van der Waals surface area contributed by atoms with E-state index >= 15 is 0 Å². The topological polar surface area (TPSA) is 56.2 Å². The molecule has 1 amide bonds. The first kappa shape index (κ1) is 13.9. The predicted molar refractivity (Wildman–Crippen MR) is 81.0 cm³/mol. The number of aryl methyl sites for hydroxylation is 1. The van der Waals surface area contributed by atoms with Crippen LogP contribution in [0.2, 0.25) is 5.02 Å². The quantitative estimate of drug-likeness (QED) is 0.948. The maximum absolute atomic E-state index is 11.9. The van der Waals surface area contributed by atoms with Crippen LogP contribution in [-0.4, -0.2) is 22.8 Å². The van der Waals surface area contributed by atoms with Gasteiger partial charge in [-0.15, -0.1) is 0 Å². The van der Waals surface area contributed by atoms with Crippen molar-refractivity contribution in [2.75, 3.05) is 12.4 Å². The summed E-state index contributed by atoms with van der Waals surface area (Å²) in [6.07, 6.45) is 2.38. The molecule has 1 aromatic carbocycles. The Morgan fingerprint density at radius 1 is 1.52 bits per heavy atom. The highest BCUT2D eigenvalue weighted by Crippen LogP contribution is 2.38. The van der Waals surface area contributed by atoms with Crippen LogP contribution in [0.3, 0.4) is 0 Å². The molecule has 0 saturated carbocycles. The Balaban J connectivity index is 2.04. The van der Waals surface area contributed by atoms with Gasteiger partial charge in [-0.1, -0.05) is 17.7 Å². The van der Waals surface area contributed by atoms with Crippen LogP contribution in [0.25, 0.3) is 0 Å². The van der Waals surface area contributed by atoms with E-state index in [9.17, 15) is 4.79 Å². The van der Waals surface area contributed by atoms with Crippen LogP contribution >= 0.6 is 11.6 Å². The van der Waals surface area contributed by atoms with Crippen LogP contribution in [0.15, 0.2) is 24.4 Å². The average molecular weight is 306 g/mol. The molecule has 0 radical (unpaired) electrons. The number of ether oxygens (including phenoxy) is 1. The number of benzene rings is 1. The van der Waals surface area contributed by atoms with Gasteiger partial charge >= 0.3 is 0 Å². The fourth-order valence-electron chi connectivity index (χ4n) is 2.63. The van der Waals surface area contributed by atoms with E-state index in [1.54, 1.807) is 7.11 Å². The number of methoxy groups -OCH3 is 1. The predicted octanol–water partition coefficient (Wildman–Crippen LogP) is 3.04. The lowest BCUT2D eigenvalue weighted by Gasteiger charge is -2.22. The Bertz CT molecular complexity index is 696. The summed E-state index contributed by atoms with van der Waals surface area (Å²) in [4.78, 5) is 11.9. The number of fused-ring (bicyclic) bond motifs is 1. The number of carbonyl (C=O) groups is 1. The molecule has 0 fully saturated rings. The SMILES string of the molecule is CCn1cc2c(n1)NC(=O)CC2c1ccc(OC)c(Cl)c1. The van der Waals surface area contributed by atoms with E-state index in [0.29, 0.717) is 23.0 Å². The van der Waals surface area contributed by atoms with Gasteiger partial charge in [0.1, 0.15) is 5.75 Å². The van der Waals surface area contributed by atoms with Crippen molar-refractivity contribution >= 4 is 23.3 Å². The Labute approximate surface area is 127 Å². The molecule has 0 aliphatic carbocycles. The smallest absolute Gasteiger partial charge is 0.226 e. The van der Waals surface area contributed by atoms with Crippen molar-refractivity contribution < 1.29 is 9.53 Å². The van der Waals surface area contributed by atoms with Gasteiger partial charge in [-0.25, -0.2) is 0 Å². The zero-order valence-electron chi connectivity index (χ0n) is 11.9. The highest BCUT2D eigenvalue weighted by Gasteiger charge is 2.29. The number of hydrogen-bond acceptors (Lipinski definition) is 3. The van der Waals surface area contributed by atoms with Crippen molar-refractivity contribution in [3.05, 3.63) is 40.5 Å². The summed E-state index contributed by atoms with van der Waals surface area (Å²) in [5.74, 6) is 1.22. The molecule has 110 valence electrons. The Hall–Kier alpha value is -2.01. The van der Waals surface area contributed by atoms with Crippen LogP contribution < -0.4 is 10.1 Å². The van der Waals surface area contributed by atoms with Crippen LogP contribution in [0.5, 0.6) is 5.75 Å². The van der Waals surface area contributed by atoms with Gasteiger partial charge in [0.2, 0.25) is 5.91 Å². The Kier molecular flexibility index (Phi) is 3.59. The average Bonchev–Trinajstić information content (AvgIpc) is 2.89. The summed E-state index contributed by atoms with van der Waals surface area (Å²) in [6, 6.07) is 5.63. The van der Waals surface area contributed by atoms with Crippen LogP contribution in [-0.2, 0) is 11.3 Å². The van der Waals surface area contributed by atoms with Crippen LogP contribution in [0.4, 0.5) is 5.82 Å². The molecule has 1 aliphatic heterocycles. The number of nitrogens with zero attached hydrogens (tertiary/aromatic N) is 2. The first-order chi connectivity index (χ1) is 10.1. The summed E-state index contributed by atoms with van der Waals surface area (Å²) in [7, 11) is 1.58. The number of carbonyl (C=O) groups excluding carboxylic acids is 1. The molecule has 3 rings (SSSR count). The minimum Gasteiger partial charge on any atom is -0.495 e. The number of amides is 1. The fourth-order valence-corrected chi connectivity index (χ4v) is 2.89. The molecule has 0 saturated heterocycles. The molecule has 1 atom stereocenters. The molecule has 1 aromatic heterocycles. The molecule has 2 heterocycles. The van der Waals surface area contributed by atoms with E-state index in [4.69, 9.17) is 16.3 Å². The molecule has 21 heavy (non-hydrogen) atoms. The zero-order valence-corrected chi connectivity index (χ0v) is 12.6. The lowest BCUT2D eigenvalue weighted by Crippen LogP contribution is -2.23. The third kappa shape index (κ3) is 2.49. The van der Waals surface area contributed by atoms with Gasteiger partial charge in [-0.05, 0) is 24.6 Å². The standard InChI is InChI=1S/C15H16ClN3O2/c1-3-19-8-11-10(7-14(20)17-15(11)18-19)9-4-5-13(21-2)12(16)6-9/h4-6,8,10H,3,7H2,1-2H3,(H,17,18,20). The lowest BCUT2D eigenvalue weighted by molar-refractivity contribution is -0.116. The molecule has 1 N–H and O–H groups in total. The van der Waals surface area contributed by atoms with Gasteiger partial charge in [0, 0.05) is 30.6 Å². The van der Waals surface area contributed by atoms with Crippen molar-refractivity contribution in [1.82, 2.24) is 9.78 Å². The Morgan fingerprint density at radius 2 is 2.33 bits per heavy atom. The maximum atomic E-state index is 11.9. The summed E-state index contributed by atoms with van der Waals surface area (Å²) < 4.78 is 7.00. The normalized spacial score (nSPS) is 17.3. The number of anilines is 1. The Morgan fingerprint density at radius 3 is 3.00 bits per heavy atom. The molecule has 0 spiro atoms. The van der Waals surface area contributed by atoms with Crippen LogP contribution in [0, 0.1) is 0 Å². The zero-order chi connectivity index (χ0) is 15.0. The van der Waals surface area contributed by atoms with Gasteiger partial charge in [-0.3, -0.25) is 9.48 Å². The van der Waals surface area contributed by atoms with Crippen molar-refractivity contribution in [2.45, 2.75) is 25.8 Å². The molecular formula is C15H16ClN3O2. The molecule has 0 bridgehead atoms. The number of nitrogens with one attached hydrogen (secondary N) is 1. The fraction of sp³-hybridized carbons (Fsp3) is 0.333. The van der Waals surface area contributed by atoms with E-state index in [0.717, 1.165) is 17.7 Å². The molecule has 1 unspecified atom stereocenters. The molecule has 1 aliphatic rings. The van der Waals surface area contributed by atoms with Gasteiger partial charge in [0.25, 0.3) is 0 Å². The molecule has 6 heteroatoms.